The maximum Gasteiger partial charge on any atom is 0.227 e. The third-order valence-electron chi connectivity index (χ3n) is 5.00. The van der Waals surface area contributed by atoms with E-state index in [1.807, 2.05) is 36.1 Å². The fourth-order valence-electron chi connectivity index (χ4n) is 3.59. The third-order valence-corrected chi connectivity index (χ3v) is 5.00. The molecule has 4 rings (SSSR count). The summed E-state index contributed by atoms with van der Waals surface area (Å²) in [5, 5.41) is 6.29. The number of fused-ring (bicyclic) bond motifs is 1. The Labute approximate surface area is 153 Å². The standard InChI is InChI=1S/C21H23N3O2/c1-16-13-19(26-22-16)15-23-9-11-24(12-10-23)21(25)14-18-7-4-6-17-5-2-3-8-20(17)18/h2-8,13H,9-12,14-15H2,1H3. The van der Waals surface area contributed by atoms with Crippen LogP contribution < -0.4 is 0 Å². The highest BCUT2D eigenvalue weighted by Crippen LogP contribution is 2.20. The summed E-state index contributed by atoms with van der Waals surface area (Å²) in [6.07, 6.45) is 0.461. The van der Waals surface area contributed by atoms with Gasteiger partial charge in [-0.05, 0) is 23.3 Å². The van der Waals surface area contributed by atoms with Gasteiger partial charge in [0.1, 0.15) is 0 Å². The minimum absolute atomic E-state index is 0.205. The minimum atomic E-state index is 0.205. The van der Waals surface area contributed by atoms with E-state index in [0.29, 0.717) is 6.42 Å². The fraction of sp³-hybridized carbons (Fsp3) is 0.333. The number of rotatable bonds is 4. The molecular weight excluding hydrogens is 326 g/mol. The number of carbonyl (C=O) groups is 1. The van der Waals surface area contributed by atoms with Crippen molar-refractivity contribution in [2.45, 2.75) is 19.9 Å². The van der Waals surface area contributed by atoms with Crippen LogP contribution in [-0.2, 0) is 17.8 Å². The summed E-state index contributed by atoms with van der Waals surface area (Å²) in [5.74, 6) is 1.09. The van der Waals surface area contributed by atoms with Gasteiger partial charge in [-0.2, -0.15) is 0 Å². The molecule has 1 aliphatic heterocycles. The van der Waals surface area contributed by atoms with Crippen molar-refractivity contribution < 1.29 is 9.32 Å². The maximum atomic E-state index is 12.8. The Morgan fingerprint density at radius 1 is 1.08 bits per heavy atom. The van der Waals surface area contributed by atoms with Crippen LogP contribution in [0.4, 0.5) is 0 Å². The molecule has 3 aromatic rings. The molecule has 0 spiro atoms. The molecule has 5 nitrogen and oxygen atoms in total. The van der Waals surface area contributed by atoms with Crippen LogP contribution in [0, 0.1) is 6.92 Å². The second kappa shape index (κ2) is 7.30. The smallest absolute Gasteiger partial charge is 0.227 e. The van der Waals surface area contributed by atoms with Gasteiger partial charge in [-0.1, -0.05) is 47.6 Å². The van der Waals surface area contributed by atoms with Crippen molar-refractivity contribution in [3.05, 3.63) is 65.5 Å². The molecule has 0 N–H and O–H groups in total. The lowest BCUT2D eigenvalue weighted by Crippen LogP contribution is -2.48. The van der Waals surface area contributed by atoms with Crippen molar-refractivity contribution in [3.8, 4) is 0 Å². The molecule has 0 unspecified atom stereocenters. The number of amides is 1. The molecule has 1 aliphatic rings. The molecule has 0 atom stereocenters. The number of aromatic nitrogens is 1. The number of nitrogens with zero attached hydrogens (tertiary/aromatic N) is 3. The number of benzene rings is 2. The van der Waals surface area contributed by atoms with E-state index in [9.17, 15) is 4.79 Å². The van der Waals surface area contributed by atoms with E-state index in [1.165, 1.54) is 10.8 Å². The van der Waals surface area contributed by atoms with E-state index < -0.39 is 0 Å². The largest absolute Gasteiger partial charge is 0.360 e. The molecule has 1 saturated heterocycles. The van der Waals surface area contributed by atoms with Crippen molar-refractivity contribution in [1.82, 2.24) is 15.0 Å². The van der Waals surface area contributed by atoms with Crippen LogP contribution in [0.1, 0.15) is 17.0 Å². The Hall–Kier alpha value is -2.66. The summed E-state index contributed by atoms with van der Waals surface area (Å²) < 4.78 is 5.29. The normalized spacial score (nSPS) is 15.5. The highest BCUT2D eigenvalue weighted by molar-refractivity contribution is 5.90. The Bertz CT molecular complexity index is 905. The van der Waals surface area contributed by atoms with Crippen LogP contribution in [0.5, 0.6) is 0 Å². The van der Waals surface area contributed by atoms with Crippen LogP contribution in [0.3, 0.4) is 0 Å². The van der Waals surface area contributed by atoms with Crippen molar-refractivity contribution >= 4 is 16.7 Å². The molecule has 0 bridgehead atoms. The average molecular weight is 349 g/mol. The van der Waals surface area contributed by atoms with E-state index in [-0.39, 0.29) is 5.91 Å². The van der Waals surface area contributed by atoms with E-state index in [1.54, 1.807) is 0 Å². The van der Waals surface area contributed by atoms with Gasteiger partial charge in [-0.15, -0.1) is 0 Å². The van der Waals surface area contributed by atoms with Crippen LogP contribution in [0.2, 0.25) is 0 Å². The van der Waals surface area contributed by atoms with E-state index in [0.717, 1.165) is 49.7 Å². The fourth-order valence-corrected chi connectivity index (χ4v) is 3.59. The molecule has 2 aromatic carbocycles. The second-order valence-electron chi connectivity index (χ2n) is 6.91. The van der Waals surface area contributed by atoms with Crippen LogP contribution in [-0.4, -0.2) is 47.0 Å². The summed E-state index contributed by atoms with van der Waals surface area (Å²) >= 11 is 0. The predicted octanol–water partition coefficient (Wildman–Crippen LogP) is 3.02. The monoisotopic (exact) mass is 349 g/mol. The topological polar surface area (TPSA) is 49.6 Å². The molecule has 0 radical (unpaired) electrons. The summed E-state index contributed by atoms with van der Waals surface area (Å²) in [6, 6.07) is 16.4. The number of hydrogen-bond acceptors (Lipinski definition) is 4. The van der Waals surface area contributed by atoms with Crippen molar-refractivity contribution in [2.75, 3.05) is 26.2 Å². The van der Waals surface area contributed by atoms with Crippen molar-refractivity contribution in [2.24, 2.45) is 0 Å². The van der Waals surface area contributed by atoms with E-state index in [2.05, 4.69) is 34.3 Å². The van der Waals surface area contributed by atoms with E-state index in [4.69, 9.17) is 4.52 Å². The van der Waals surface area contributed by atoms with Gasteiger partial charge < -0.3 is 9.42 Å². The first-order valence-electron chi connectivity index (χ1n) is 9.08. The zero-order valence-electron chi connectivity index (χ0n) is 15.0. The first kappa shape index (κ1) is 16.8. The molecule has 1 fully saturated rings. The highest BCUT2D eigenvalue weighted by Gasteiger charge is 2.22. The molecule has 134 valence electrons. The highest BCUT2D eigenvalue weighted by atomic mass is 16.5. The molecule has 0 aliphatic carbocycles. The Morgan fingerprint density at radius 3 is 2.62 bits per heavy atom. The zero-order chi connectivity index (χ0) is 17.9. The van der Waals surface area contributed by atoms with Crippen LogP contribution >= 0.6 is 0 Å². The van der Waals surface area contributed by atoms with Gasteiger partial charge in [0.2, 0.25) is 5.91 Å². The lowest BCUT2D eigenvalue weighted by atomic mass is 10.0. The molecule has 26 heavy (non-hydrogen) atoms. The summed E-state index contributed by atoms with van der Waals surface area (Å²) in [6.45, 7) is 5.93. The lowest BCUT2D eigenvalue weighted by molar-refractivity contribution is -0.132. The molecule has 0 saturated carbocycles. The van der Waals surface area contributed by atoms with Gasteiger partial charge in [-0.3, -0.25) is 9.69 Å². The van der Waals surface area contributed by atoms with Gasteiger partial charge >= 0.3 is 0 Å². The third kappa shape index (κ3) is 3.63. The summed E-state index contributed by atoms with van der Waals surface area (Å²) in [4.78, 5) is 17.0. The number of carbonyl (C=O) groups excluding carboxylic acids is 1. The van der Waals surface area contributed by atoms with Crippen LogP contribution in [0.25, 0.3) is 10.8 Å². The van der Waals surface area contributed by atoms with Crippen LogP contribution in [0.15, 0.2) is 53.1 Å². The van der Waals surface area contributed by atoms with Gasteiger partial charge in [0.15, 0.2) is 5.76 Å². The quantitative estimate of drug-likeness (QED) is 0.726. The van der Waals surface area contributed by atoms with E-state index >= 15 is 0 Å². The number of hydrogen-bond donors (Lipinski definition) is 0. The summed E-state index contributed by atoms with van der Waals surface area (Å²) in [5.41, 5.74) is 2.01. The van der Waals surface area contributed by atoms with Gasteiger partial charge in [-0.25, -0.2) is 0 Å². The van der Waals surface area contributed by atoms with Gasteiger partial charge in [0, 0.05) is 32.2 Å². The Kier molecular flexibility index (Phi) is 4.71. The molecule has 2 heterocycles. The van der Waals surface area contributed by atoms with Crippen molar-refractivity contribution in [3.63, 3.8) is 0 Å². The summed E-state index contributed by atoms with van der Waals surface area (Å²) in [7, 11) is 0. The first-order valence-corrected chi connectivity index (χ1v) is 9.08. The lowest BCUT2D eigenvalue weighted by Gasteiger charge is -2.34. The Morgan fingerprint density at radius 2 is 1.85 bits per heavy atom. The molecule has 1 aromatic heterocycles. The second-order valence-corrected chi connectivity index (χ2v) is 6.91. The SMILES string of the molecule is Cc1cc(CN2CCN(C(=O)Cc3cccc4ccccc34)CC2)on1. The minimum Gasteiger partial charge on any atom is -0.360 e. The zero-order valence-corrected chi connectivity index (χ0v) is 15.0. The van der Waals surface area contributed by atoms with Gasteiger partial charge in [0.05, 0.1) is 18.7 Å². The molecule has 1 amide bonds. The Balaban J connectivity index is 1.36. The number of aryl methyl sites for hydroxylation is 1. The van der Waals surface area contributed by atoms with Gasteiger partial charge in [0.25, 0.3) is 0 Å². The van der Waals surface area contributed by atoms with Crippen molar-refractivity contribution in [1.29, 1.82) is 0 Å². The molecular formula is C21H23N3O2. The maximum absolute atomic E-state index is 12.8. The first-order chi connectivity index (χ1) is 12.7. The average Bonchev–Trinajstić information content (AvgIpc) is 3.07. The molecule has 5 heteroatoms. The predicted molar refractivity (Wildman–Crippen MR) is 101 cm³/mol. The number of piperazine rings is 1.